The number of aromatic carboxylic acids is 1. The van der Waals surface area contributed by atoms with E-state index in [0.29, 0.717) is 99.2 Å². The van der Waals surface area contributed by atoms with Gasteiger partial charge in [0, 0.05) is 86.6 Å². The smallest absolute Gasteiger partial charge is 0.358 e. The molecule has 0 aliphatic rings. The molecule has 494 valence electrons. The van der Waals surface area contributed by atoms with Crippen molar-refractivity contribution in [1.82, 2.24) is 60.1 Å². The number of aromatic nitrogens is 11. The minimum Gasteiger partial charge on any atom is -0.476 e. The molecule has 1 amide bonds. The Hall–Kier alpha value is -12.4. The van der Waals surface area contributed by atoms with Gasteiger partial charge in [0.1, 0.15) is 17.5 Å². The molecule has 0 radical (unpaired) electrons. The highest BCUT2D eigenvalue weighted by atomic mass is 35.5. The van der Waals surface area contributed by atoms with Crippen LogP contribution in [0.25, 0.3) is 100 Å². The van der Waals surface area contributed by atoms with Crippen molar-refractivity contribution in [2.24, 2.45) is 5.73 Å². The number of carboxylic acid groups (broad SMARTS) is 1. The molecule has 2 atom stereocenters. The molecule has 10 N–H and O–H groups in total. The van der Waals surface area contributed by atoms with Crippen molar-refractivity contribution in [2.45, 2.75) is 25.9 Å². The zero-order valence-electron chi connectivity index (χ0n) is 52.7. The summed E-state index contributed by atoms with van der Waals surface area (Å²) in [5, 5.41) is 15.9. The van der Waals surface area contributed by atoms with Gasteiger partial charge in [-0.25, -0.2) is 47.9 Å². The molecule has 0 bridgehead atoms. The predicted molar refractivity (Wildman–Crippen MR) is 385 cm³/mol. The number of carboxylic acids is 1. The number of rotatable bonds is 11. The number of amides is 1. The van der Waals surface area contributed by atoms with Gasteiger partial charge < -0.3 is 33.4 Å². The van der Waals surface area contributed by atoms with Crippen molar-refractivity contribution >= 4 is 96.8 Å². The fourth-order valence-electron chi connectivity index (χ4n) is 10.3. The normalized spacial score (nSPS) is 11.4. The molecule has 0 spiro atoms. The second-order valence-corrected chi connectivity index (χ2v) is 23.2. The molecule has 0 unspecified atom stereocenters. The molecule has 0 aliphatic carbocycles. The van der Waals surface area contributed by atoms with Crippen LogP contribution < -0.4 is 28.3 Å². The Morgan fingerprint density at radius 2 is 0.790 bits per heavy atom. The molecule has 14 rings (SSSR count). The first kappa shape index (κ1) is 69.0. The van der Waals surface area contributed by atoms with E-state index in [2.05, 4.69) is 66.1 Å². The second-order valence-electron chi connectivity index (χ2n) is 22.0. The number of carbonyl (C=O) groups excluding carboxylic acids is 1. The molecule has 100 heavy (non-hydrogen) atoms. The summed E-state index contributed by atoms with van der Waals surface area (Å²) in [7, 11) is 0. The standard InChI is InChI=1S/C27H20ClFN6O.C21H12ClFN4.C20H12ClFN4O2.C7H10N2/c1-15(21-6-2-3-11-31-21)33-27(36)25-26(30)35-23(16-7-9-19(29)10-8-16)24(34-25)18-13-17-5-4-12-32-22(17)20(28)14-18;1-2-17-21(24)27-19(12-5-7-15(23)8-6-12)20(26-17)14-10-13-4-3-9-25-18(13)16(22)11-14;21-14-9-12(8-11-2-1-7-24-15(11)14)17-16(10-3-5-13(22)6-4-10)26-19(23)18(25-17)20(27)28;1-6(8)7-4-2-3-5-9-7/h2-15H,1H3,(H2,30,35)(H,33,36);1,3-11H,(H2,24,27);1-9H,(H2,23,26)(H,27,28);2-6H,8H2,1H3/t15-;;;6-/m1..0/s1. The maximum Gasteiger partial charge on any atom is 0.358 e. The fraction of sp³-hybridized carbons (Fsp3) is 0.0533. The average molecular weight is 1390 g/mol. The van der Waals surface area contributed by atoms with E-state index < -0.39 is 17.7 Å². The largest absolute Gasteiger partial charge is 0.476 e. The molecule has 19 nitrogen and oxygen atoms in total. The van der Waals surface area contributed by atoms with Crippen LogP contribution in [0.2, 0.25) is 15.1 Å². The number of pyridine rings is 5. The Balaban J connectivity index is 0.000000143. The monoisotopic (exact) mass is 1390 g/mol. The molecular formula is C75H54Cl3F3N16O3. The number of hydrogen-bond donors (Lipinski definition) is 6. The van der Waals surface area contributed by atoms with Crippen molar-refractivity contribution in [1.29, 1.82) is 0 Å². The Labute approximate surface area is 584 Å². The summed E-state index contributed by atoms with van der Waals surface area (Å²) in [6.45, 7) is 3.73. The molecule has 25 heteroatoms. The van der Waals surface area contributed by atoms with E-state index in [1.165, 1.54) is 48.5 Å². The van der Waals surface area contributed by atoms with Crippen molar-refractivity contribution in [3.05, 3.63) is 274 Å². The van der Waals surface area contributed by atoms with Gasteiger partial charge in [-0.15, -0.1) is 6.42 Å². The summed E-state index contributed by atoms with van der Waals surface area (Å²) in [4.78, 5) is 72.5. The van der Waals surface area contributed by atoms with Gasteiger partial charge in [0.25, 0.3) is 5.91 Å². The third kappa shape index (κ3) is 15.9. The third-order valence-electron chi connectivity index (χ3n) is 15.1. The summed E-state index contributed by atoms with van der Waals surface area (Å²) in [6.07, 6.45) is 13.9. The van der Waals surface area contributed by atoms with E-state index in [0.717, 1.165) is 21.9 Å². The molecule has 8 heterocycles. The van der Waals surface area contributed by atoms with Gasteiger partial charge in [0.15, 0.2) is 34.5 Å². The van der Waals surface area contributed by atoms with E-state index in [9.17, 15) is 27.9 Å². The van der Waals surface area contributed by atoms with Crippen LogP contribution in [0.4, 0.5) is 30.6 Å². The summed E-state index contributed by atoms with van der Waals surface area (Å²) in [6, 6.07) is 49.8. The van der Waals surface area contributed by atoms with E-state index >= 15 is 0 Å². The first-order valence-electron chi connectivity index (χ1n) is 30.2. The molecule has 0 saturated carbocycles. The van der Waals surface area contributed by atoms with Crippen molar-refractivity contribution in [3.8, 4) is 79.9 Å². The number of benzene rings is 6. The van der Waals surface area contributed by atoms with Gasteiger partial charge in [0.05, 0.1) is 83.2 Å². The van der Waals surface area contributed by atoms with Crippen LogP contribution in [-0.4, -0.2) is 71.8 Å². The maximum atomic E-state index is 13.6. The quantitative estimate of drug-likeness (QED) is 0.0655. The fourth-order valence-corrected chi connectivity index (χ4v) is 11.1. The summed E-state index contributed by atoms with van der Waals surface area (Å²) in [5.74, 6) is -0.661. The molecule has 0 aliphatic heterocycles. The van der Waals surface area contributed by atoms with Gasteiger partial charge in [0.2, 0.25) is 0 Å². The van der Waals surface area contributed by atoms with Gasteiger partial charge in [-0.3, -0.25) is 29.7 Å². The van der Waals surface area contributed by atoms with Crippen molar-refractivity contribution in [2.75, 3.05) is 17.2 Å². The lowest BCUT2D eigenvalue weighted by Crippen LogP contribution is -2.29. The van der Waals surface area contributed by atoms with Crippen LogP contribution in [0.3, 0.4) is 0 Å². The van der Waals surface area contributed by atoms with Gasteiger partial charge in [-0.2, -0.15) is 0 Å². The van der Waals surface area contributed by atoms with Crippen LogP contribution in [0, 0.1) is 29.8 Å². The van der Waals surface area contributed by atoms with Gasteiger partial charge in [-0.05, 0) is 171 Å². The van der Waals surface area contributed by atoms with Crippen LogP contribution in [-0.2, 0) is 0 Å². The summed E-state index contributed by atoms with van der Waals surface area (Å²) in [5.41, 5.74) is 32.9. The highest BCUT2D eigenvalue weighted by molar-refractivity contribution is 6.36. The Bertz CT molecular complexity index is 5420. The highest BCUT2D eigenvalue weighted by Gasteiger charge is 2.25. The number of nitrogens with zero attached hydrogens (tertiary/aromatic N) is 11. The summed E-state index contributed by atoms with van der Waals surface area (Å²) < 4.78 is 40.3. The number of carbonyl (C=O) groups is 2. The van der Waals surface area contributed by atoms with Gasteiger partial charge in [-0.1, -0.05) is 65.1 Å². The van der Waals surface area contributed by atoms with E-state index in [4.69, 9.17) is 64.2 Å². The number of nitrogens with two attached hydrogens (primary N) is 4. The average Bonchev–Trinajstić information content (AvgIpc) is 0.784. The molecule has 8 aromatic heterocycles. The van der Waals surface area contributed by atoms with Crippen molar-refractivity contribution in [3.63, 3.8) is 0 Å². The first-order chi connectivity index (χ1) is 48.2. The lowest BCUT2D eigenvalue weighted by atomic mass is 10.0. The lowest BCUT2D eigenvalue weighted by Gasteiger charge is -2.16. The number of hydrogen-bond acceptors (Lipinski definition) is 17. The molecular weight excluding hydrogens is 1340 g/mol. The van der Waals surface area contributed by atoms with E-state index in [1.54, 1.807) is 97.7 Å². The molecule has 0 saturated heterocycles. The first-order valence-corrected chi connectivity index (χ1v) is 31.4. The Morgan fingerprint density at radius 3 is 1.15 bits per heavy atom. The van der Waals surface area contributed by atoms with E-state index in [1.807, 2.05) is 80.6 Å². The SMILES string of the molecule is C#Cc1nc(-c2cc(Cl)c3ncccc3c2)c(-c2ccc(F)cc2)nc1N.C[C@@H](NC(=O)c1nc(-c2cc(Cl)c3ncccc3c2)c(-c2ccc(F)cc2)nc1N)c1ccccn1.C[C@H](N)c1ccccn1.Nc1nc(-c2ccc(F)cc2)c(-c2cc(Cl)c3ncccc3c2)nc1C(=O)O. The number of fused-ring (bicyclic) bond motifs is 3. The minimum atomic E-state index is -1.30. The van der Waals surface area contributed by atoms with Crippen LogP contribution in [0.15, 0.2) is 213 Å². The zero-order valence-corrected chi connectivity index (χ0v) is 55.0. The Kier molecular flexibility index (Phi) is 21.2. The van der Waals surface area contributed by atoms with Crippen LogP contribution in [0.5, 0.6) is 0 Å². The van der Waals surface area contributed by atoms with Gasteiger partial charge >= 0.3 is 5.97 Å². The lowest BCUT2D eigenvalue weighted by molar-refractivity contribution is 0.0691. The van der Waals surface area contributed by atoms with Crippen molar-refractivity contribution < 1.29 is 27.9 Å². The second kappa shape index (κ2) is 30.8. The summed E-state index contributed by atoms with van der Waals surface area (Å²) >= 11 is 19.3. The number of nitrogen functional groups attached to an aromatic ring is 3. The number of anilines is 3. The highest BCUT2D eigenvalue weighted by Crippen LogP contribution is 2.39. The zero-order chi connectivity index (χ0) is 70.7. The number of terminal acetylenes is 1. The minimum absolute atomic E-state index is 0.0407. The molecule has 0 fully saturated rings. The molecule has 6 aromatic carbocycles. The number of nitrogens with one attached hydrogen (secondary N) is 1. The third-order valence-corrected chi connectivity index (χ3v) is 16.0. The van der Waals surface area contributed by atoms with Crippen LogP contribution in [0.1, 0.15) is 64.0 Å². The maximum absolute atomic E-state index is 13.6. The predicted octanol–water partition coefficient (Wildman–Crippen LogP) is 15.9. The Morgan fingerprint density at radius 1 is 0.440 bits per heavy atom. The molecule has 14 aromatic rings. The van der Waals surface area contributed by atoms with E-state index in [-0.39, 0.29) is 63.9 Å². The topological polar surface area (TPSA) is 312 Å². The van der Waals surface area contributed by atoms with Crippen LogP contribution >= 0.6 is 34.8 Å². The number of halogens is 6.